The number of aliphatic carboxylic acids is 1. The van der Waals surface area contributed by atoms with Crippen LogP contribution in [0.2, 0.25) is 0 Å². The third kappa shape index (κ3) is 7.66. The van der Waals surface area contributed by atoms with Gasteiger partial charge in [0, 0.05) is 32.7 Å². The molecule has 0 bridgehead atoms. The molecule has 0 aromatic rings. The molecule has 0 saturated carbocycles. The van der Waals surface area contributed by atoms with Crippen molar-refractivity contribution in [3.63, 3.8) is 0 Å². The molecule has 2 amide bonds. The van der Waals surface area contributed by atoms with E-state index < -0.39 is 5.97 Å². The highest BCUT2D eigenvalue weighted by atomic mass is 16.5. The van der Waals surface area contributed by atoms with Gasteiger partial charge >= 0.3 is 12.0 Å². The van der Waals surface area contributed by atoms with Gasteiger partial charge in [-0.25, -0.2) is 4.79 Å². The Morgan fingerprint density at radius 1 is 1.32 bits per heavy atom. The Kier molecular flexibility index (Phi) is 7.25. The van der Waals surface area contributed by atoms with E-state index in [2.05, 4.69) is 10.6 Å². The van der Waals surface area contributed by atoms with Crippen LogP contribution in [0.5, 0.6) is 0 Å². The van der Waals surface area contributed by atoms with Gasteiger partial charge in [0.05, 0.1) is 0 Å². The standard InChI is InChI=1S/C13H24N2O4/c1-10(2-3-12(16)17)8-14-13(18)15-9-11-4-6-19-7-5-11/h10-11H,2-9H2,1H3,(H,16,17)(H2,14,15,18). The summed E-state index contributed by atoms with van der Waals surface area (Å²) in [7, 11) is 0. The van der Waals surface area contributed by atoms with E-state index in [9.17, 15) is 9.59 Å². The number of amides is 2. The van der Waals surface area contributed by atoms with Crippen molar-refractivity contribution in [3.05, 3.63) is 0 Å². The van der Waals surface area contributed by atoms with Crippen LogP contribution in [0.3, 0.4) is 0 Å². The average Bonchev–Trinajstić information content (AvgIpc) is 2.41. The molecule has 1 unspecified atom stereocenters. The van der Waals surface area contributed by atoms with Gasteiger partial charge in [-0.3, -0.25) is 4.79 Å². The molecule has 0 aromatic carbocycles. The summed E-state index contributed by atoms with van der Waals surface area (Å²) in [5, 5.41) is 14.2. The van der Waals surface area contributed by atoms with Crippen LogP contribution in [0.4, 0.5) is 4.79 Å². The predicted molar refractivity (Wildman–Crippen MR) is 71.0 cm³/mol. The lowest BCUT2D eigenvalue weighted by molar-refractivity contribution is -0.137. The van der Waals surface area contributed by atoms with Gasteiger partial charge in [0.1, 0.15) is 0 Å². The number of hydrogen-bond acceptors (Lipinski definition) is 3. The fourth-order valence-electron chi connectivity index (χ4n) is 1.99. The molecule has 0 aromatic heterocycles. The van der Waals surface area contributed by atoms with Crippen molar-refractivity contribution in [2.45, 2.75) is 32.6 Å². The fourth-order valence-corrected chi connectivity index (χ4v) is 1.99. The zero-order valence-electron chi connectivity index (χ0n) is 11.5. The smallest absolute Gasteiger partial charge is 0.314 e. The van der Waals surface area contributed by atoms with Crippen molar-refractivity contribution in [1.29, 1.82) is 0 Å². The summed E-state index contributed by atoms with van der Waals surface area (Å²) < 4.78 is 5.26. The second-order valence-electron chi connectivity index (χ2n) is 5.18. The summed E-state index contributed by atoms with van der Waals surface area (Å²) >= 11 is 0. The maximum atomic E-state index is 11.6. The van der Waals surface area contributed by atoms with Crippen LogP contribution < -0.4 is 10.6 Å². The third-order valence-electron chi connectivity index (χ3n) is 3.35. The molecule has 0 radical (unpaired) electrons. The van der Waals surface area contributed by atoms with Crippen LogP contribution >= 0.6 is 0 Å². The Morgan fingerprint density at radius 2 is 2.00 bits per heavy atom. The zero-order chi connectivity index (χ0) is 14.1. The molecule has 1 rings (SSSR count). The summed E-state index contributed by atoms with van der Waals surface area (Å²) in [5.41, 5.74) is 0. The number of carboxylic acids is 1. The van der Waals surface area contributed by atoms with Crippen LogP contribution in [-0.4, -0.2) is 43.4 Å². The number of ether oxygens (including phenoxy) is 1. The van der Waals surface area contributed by atoms with Crippen LogP contribution in [0.15, 0.2) is 0 Å². The van der Waals surface area contributed by atoms with E-state index in [-0.39, 0.29) is 18.4 Å². The van der Waals surface area contributed by atoms with Gasteiger partial charge in [0.15, 0.2) is 0 Å². The Hall–Kier alpha value is -1.30. The minimum Gasteiger partial charge on any atom is -0.481 e. The van der Waals surface area contributed by atoms with Gasteiger partial charge in [0.25, 0.3) is 0 Å². The zero-order valence-corrected chi connectivity index (χ0v) is 11.5. The lowest BCUT2D eigenvalue weighted by Crippen LogP contribution is -2.41. The first kappa shape index (κ1) is 15.8. The Morgan fingerprint density at radius 3 is 2.63 bits per heavy atom. The first-order chi connectivity index (χ1) is 9.08. The molecule has 1 atom stereocenters. The number of nitrogens with one attached hydrogen (secondary N) is 2. The monoisotopic (exact) mass is 272 g/mol. The van der Waals surface area contributed by atoms with Gasteiger partial charge in [-0.1, -0.05) is 6.92 Å². The molecule has 1 heterocycles. The summed E-state index contributed by atoms with van der Waals surface area (Å²) in [5.74, 6) is -0.121. The fraction of sp³-hybridized carbons (Fsp3) is 0.846. The molecule has 0 spiro atoms. The van der Waals surface area contributed by atoms with Crippen LogP contribution in [0.25, 0.3) is 0 Å². The molecular weight excluding hydrogens is 248 g/mol. The normalized spacial score (nSPS) is 17.7. The van der Waals surface area contributed by atoms with Crippen molar-refractivity contribution >= 4 is 12.0 Å². The minimum absolute atomic E-state index is 0.145. The quantitative estimate of drug-likeness (QED) is 0.650. The van der Waals surface area contributed by atoms with Gasteiger partial charge in [-0.05, 0) is 31.1 Å². The second-order valence-corrected chi connectivity index (χ2v) is 5.18. The first-order valence-corrected chi connectivity index (χ1v) is 6.89. The molecule has 19 heavy (non-hydrogen) atoms. The maximum absolute atomic E-state index is 11.6. The Labute approximate surface area is 113 Å². The Balaban J connectivity index is 2.05. The molecule has 6 heteroatoms. The highest BCUT2D eigenvalue weighted by Gasteiger charge is 2.14. The van der Waals surface area contributed by atoms with Crippen molar-refractivity contribution < 1.29 is 19.4 Å². The maximum Gasteiger partial charge on any atom is 0.314 e. The van der Waals surface area contributed by atoms with Gasteiger partial charge < -0.3 is 20.5 Å². The van der Waals surface area contributed by atoms with E-state index >= 15 is 0 Å². The van der Waals surface area contributed by atoms with Crippen molar-refractivity contribution in [2.75, 3.05) is 26.3 Å². The van der Waals surface area contributed by atoms with Gasteiger partial charge in [-0.15, -0.1) is 0 Å². The van der Waals surface area contributed by atoms with Crippen LogP contribution in [0.1, 0.15) is 32.6 Å². The van der Waals surface area contributed by atoms with E-state index in [1.54, 1.807) is 0 Å². The molecule has 1 fully saturated rings. The van der Waals surface area contributed by atoms with E-state index in [1.807, 2.05) is 6.92 Å². The Bertz CT molecular complexity index is 290. The summed E-state index contributed by atoms with van der Waals surface area (Å²) in [6, 6.07) is -0.173. The van der Waals surface area contributed by atoms with Crippen molar-refractivity contribution in [1.82, 2.24) is 10.6 Å². The first-order valence-electron chi connectivity index (χ1n) is 6.89. The molecule has 1 aliphatic rings. The molecule has 3 N–H and O–H groups in total. The molecule has 1 aliphatic heterocycles. The highest BCUT2D eigenvalue weighted by molar-refractivity contribution is 5.73. The average molecular weight is 272 g/mol. The topological polar surface area (TPSA) is 87.7 Å². The molecule has 1 saturated heterocycles. The molecule has 110 valence electrons. The molecule has 0 aliphatic carbocycles. The van der Waals surface area contributed by atoms with E-state index in [0.29, 0.717) is 25.4 Å². The minimum atomic E-state index is -0.796. The van der Waals surface area contributed by atoms with E-state index in [4.69, 9.17) is 9.84 Å². The third-order valence-corrected chi connectivity index (χ3v) is 3.35. The summed E-state index contributed by atoms with van der Waals surface area (Å²) in [6.07, 6.45) is 2.71. The number of urea groups is 1. The number of hydrogen-bond donors (Lipinski definition) is 3. The van der Waals surface area contributed by atoms with Gasteiger partial charge in [0.2, 0.25) is 0 Å². The van der Waals surface area contributed by atoms with Crippen molar-refractivity contribution in [3.8, 4) is 0 Å². The SMILES string of the molecule is CC(CCC(=O)O)CNC(=O)NCC1CCOCC1. The van der Waals surface area contributed by atoms with Gasteiger partial charge in [-0.2, -0.15) is 0 Å². The van der Waals surface area contributed by atoms with E-state index in [0.717, 1.165) is 26.1 Å². The highest BCUT2D eigenvalue weighted by Crippen LogP contribution is 2.13. The lowest BCUT2D eigenvalue weighted by Gasteiger charge is -2.22. The number of carbonyl (C=O) groups is 2. The largest absolute Gasteiger partial charge is 0.481 e. The molecule has 6 nitrogen and oxygen atoms in total. The van der Waals surface area contributed by atoms with Crippen LogP contribution in [-0.2, 0) is 9.53 Å². The predicted octanol–water partition coefficient (Wildman–Crippen LogP) is 1.21. The molecular formula is C13H24N2O4. The summed E-state index contributed by atoms with van der Waals surface area (Å²) in [4.78, 5) is 22.0. The van der Waals surface area contributed by atoms with Crippen LogP contribution in [0, 0.1) is 11.8 Å². The van der Waals surface area contributed by atoms with Crippen molar-refractivity contribution in [2.24, 2.45) is 11.8 Å². The summed E-state index contributed by atoms with van der Waals surface area (Å²) in [6.45, 7) is 4.67. The second kappa shape index (κ2) is 8.74. The number of carbonyl (C=O) groups excluding carboxylic acids is 1. The van der Waals surface area contributed by atoms with E-state index in [1.165, 1.54) is 0 Å². The number of rotatable bonds is 7. The number of carboxylic acid groups (broad SMARTS) is 1. The lowest BCUT2D eigenvalue weighted by atomic mass is 10.0.